The highest BCUT2D eigenvalue weighted by molar-refractivity contribution is 6.74. The molecule has 1 spiro atoms. The van der Waals surface area contributed by atoms with Crippen LogP contribution in [0.3, 0.4) is 0 Å². The molecule has 4 aliphatic carbocycles. The average Bonchev–Trinajstić information content (AvgIpc) is 3.23. The lowest BCUT2D eigenvalue weighted by Gasteiger charge is -2.71. The molecule has 0 amide bonds. The highest BCUT2D eigenvalue weighted by Gasteiger charge is 2.76. The molecule has 2 heterocycles. The smallest absolute Gasteiger partial charge is 0.312 e. The lowest BCUT2D eigenvalue weighted by Crippen LogP contribution is -2.75. The van der Waals surface area contributed by atoms with Gasteiger partial charge in [0.1, 0.15) is 5.60 Å². The zero-order valence-corrected chi connectivity index (χ0v) is 31.5. The first-order valence-electron chi connectivity index (χ1n) is 16.8. The fourth-order valence-corrected chi connectivity index (χ4v) is 11.0. The summed E-state index contributed by atoms with van der Waals surface area (Å²) in [4.78, 5) is 14.3. The summed E-state index contributed by atoms with van der Waals surface area (Å²) >= 11 is 0. The lowest BCUT2D eigenvalue weighted by atomic mass is 9.42. The van der Waals surface area contributed by atoms with Gasteiger partial charge in [-0.2, -0.15) is 0 Å². The molecule has 0 aromatic carbocycles. The van der Waals surface area contributed by atoms with Gasteiger partial charge in [0.05, 0.1) is 18.6 Å². The van der Waals surface area contributed by atoms with Gasteiger partial charge in [0.2, 0.25) is 0 Å². The van der Waals surface area contributed by atoms with E-state index in [1.54, 1.807) is 7.11 Å². The summed E-state index contributed by atoms with van der Waals surface area (Å²) in [5.74, 6) is -0.892. The Kier molecular flexibility index (Phi) is 8.09. The zero-order valence-electron chi connectivity index (χ0n) is 29.5. The van der Waals surface area contributed by atoms with Crippen LogP contribution in [-0.2, 0) is 27.9 Å². The fraction of sp³-hybridized carbons (Fsp3) is 0.857. The van der Waals surface area contributed by atoms with Crippen LogP contribution in [0.4, 0.5) is 0 Å². The summed E-state index contributed by atoms with van der Waals surface area (Å²) < 4.78 is 34.0. The number of ether oxygens (including phenoxy) is 3. The van der Waals surface area contributed by atoms with E-state index in [1.165, 1.54) is 11.1 Å². The fourth-order valence-electron chi connectivity index (χ4n) is 8.56. The van der Waals surface area contributed by atoms with Crippen molar-refractivity contribution in [2.45, 2.75) is 148 Å². The second-order valence-corrected chi connectivity index (χ2v) is 27.1. The van der Waals surface area contributed by atoms with Crippen LogP contribution in [0.5, 0.6) is 0 Å². The second kappa shape index (κ2) is 10.4. The number of allylic oxidation sites excluding steroid dienone is 1. The molecule has 2 saturated carbocycles. The van der Waals surface area contributed by atoms with Gasteiger partial charge in [0.15, 0.2) is 22.4 Å². The first-order chi connectivity index (χ1) is 19.7. The topological polar surface area (TPSA) is 63.2 Å². The Morgan fingerprint density at radius 3 is 2.16 bits per heavy atom. The summed E-state index contributed by atoms with van der Waals surface area (Å²) in [6.07, 6.45) is 9.89. The minimum atomic E-state index is -2.15. The molecule has 4 fully saturated rings. The molecule has 0 N–H and O–H groups in total. The van der Waals surface area contributed by atoms with Crippen LogP contribution in [0, 0.1) is 22.7 Å². The Morgan fingerprint density at radius 2 is 1.58 bits per heavy atom. The molecular weight excluding hydrogens is 573 g/mol. The van der Waals surface area contributed by atoms with Gasteiger partial charge in [-0.05, 0) is 85.9 Å². The normalized spacial score (nSPS) is 39.1. The van der Waals surface area contributed by atoms with Crippen LogP contribution >= 0.6 is 0 Å². The zero-order chi connectivity index (χ0) is 32.1. The van der Waals surface area contributed by atoms with Crippen molar-refractivity contribution < 1.29 is 27.9 Å². The van der Waals surface area contributed by atoms with Gasteiger partial charge in [-0.3, -0.25) is 4.79 Å². The summed E-state index contributed by atoms with van der Waals surface area (Å²) in [5, 5.41) is 0.134. The van der Waals surface area contributed by atoms with Crippen LogP contribution in [0.15, 0.2) is 23.3 Å². The van der Waals surface area contributed by atoms with E-state index in [4.69, 9.17) is 23.1 Å². The van der Waals surface area contributed by atoms with Crippen molar-refractivity contribution in [2.24, 2.45) is 22.7 Å². The number of hydrogen-bond acceptors (Lipinski definition) is 6. The standard InChI is InChI=1S/C35H60O6Si2/c1-14-38-29(36)27-22-33(23-39-42(10,11)30(2,3)4)25(17-18-28(33)40-43(12,13)31(5,6)7)26-16-15-24-21-34(37-9)20-19-32(24,8)35(26,27)41-34/h16-17,24,27-28H,14-15,18-23H2,1-13H3/t24-,27?,28?,32+,33-,34-,35+/m1/s1. The molecule has 2 saturated heterocycles. The van der Waals surface area contributed by atoms with E-state index in [1.807, 2.05) is 6.92 Å². The van der Waals surface area contributed by atoms with Crippen molar-refractivity contribution in [2.75, 3.05) is 20.3 Å². The van der Waals surface area contributed by atoms with E-state index in [9.17, 15) is 4.79 Å². The van der Waals surface area contributed by atoms with E-state index in [-0.39, 0.29) is 27.6 Å². The Bertz CT molecular complexity index is 1190. The molecule has 2 aliphatic heterocycles. The first kappa shape index (κ1) is 33.6. The van der Waals surface area contributed by atoms with E-state index in [0.717, 1.165) is 32.1 Å². The molecule has 7 atom stereocenters. The van der Waals surface area contributed by atoms with Gasteiger partial charge >= 0.3 is 5.97 Å². The predicted molar refractivity (Wildman–Crippen MR) is 177 cm³/mol. The summed E-state index contributed by atoms with van der Waals surface area (Å²) in [6.45, 7) is 28.3. The molecular formula is C35H60O6Si2. The molecule has 2 unspecified atom stereocenters. The number of methoxy groups -OCH3 is 1. The van der Waals surface area contributed by atoms with Crippen molar-refractivity contribution in [3.05, 3.63) is 23.3 Å². The maximum Gasteiger partial charge on any atom is 0.312 e. The predicted octanol–water partition coefficient (Wildman–Crippen LogP) is 8.55. The largest absolute Gasteiger partial charge is 0.466 e. The Labute approximate surface area is 263 Å². The number of fused-ring (bicyclic) bond motifs is 3. The van der Waals surface area contributed by atoms with Crippen molar-refractivity contribution in [1.82, 2.24) is 0 Å². The van der Waals surface area contributed by atoms with Crippen LogP contribution in [-0.4, -0.2) is 60.4 Å². The quantitative estimate of drug-likeness (QED) is 0.197. The molecule has 244 valence electrons. The van der Waals surface area contributed by atoms with Crippen LogP contribution in [0.25, 0.3) is 0 Å². The molecule has 6 aliphatic rings. The third-order valence-corrected chi connectivity index (χ3v) is 22.4. The van der Waals surface area contributed by atoms with Gasteiger partial charge in [-0.15, -0.1) is 0 Å². The molecule has 0 radical (unpaired) electrons. The average molecular weight is 633 g/mol. The van der Waals surface area contributed by atoms with Crippen molar-refractivity contribution in [3.8, 4) is 0 Å². The monoisotopic (exact) mass is 632 g/mol. The van der Waals surface area contributed by atoms with Gasteiger partial charge in [-0.25, -0.2) is 0 Å². The van der Waals surface area contributed by atoms with Crippen LogP contribution in [0.2, 0.25) is 36.3 Å². The van der Waals surface area contributed by atoms with Gasteiger partial charge in [0, 0.05) is 37.4 Å². The number of rotatable bonds is 8. The third kappa shape index (κ3) is 4.78. The van der Waals surface area contributed by atoms with E-state index >= 15 is 0 Å². The van der Waals surface area contributed by atoms with Crippen LogP contribution in [0.1, 0.15) is 93.9 Å². The maximum atomic E-state index is 14.3. The van der Waals surface area contributed by atoms with Gasteiger partial charge in [-0.1, -0.05) is 60.6 Å². The van der Waals surface area contributed by atoms with E-state index in [2.05, 4.69) is 86.8 Å². The molecule has 6 nitrogen and oxygen atoms in total. The molecule has 0 aromatic rings. The van der Waals surface area contributed by atoms with Crippen molar-refractivity contribution in [3.63, 3.8) is 0 Å². The van der Waals surface area contributed by atoms with Crippen molar-refractivity contribution >= 4 is 22.6 Å². The number of esters is 1. The number of hydrogen-bond donors (Lipinski definition) is 0. The van der Waals surface area contributed by atoms with E-state index in [0.29, 0.717) is 25.6 Å². The van der Waals surface area contributed by atoms with Crippen LogP contribution < -0.4 is 0 Å². The summed E-state index contributed by atoms with van der Waals surface area (Å²) in [6, 6.07) is 0. The maximum absolute atomic E-state index is 14.3. The molecule has 0 aromatic heterocycles. The summed E-state index contributed by atoms with van der Waals surface area (Å²) in [5.41, 5.74) is 1.07. The highest BCUT2D eigenvalue weighted by Crippen LogP contribution is 2.74. The first-order valence-corrected chi connectivity index (χ1v) is 22.6. The molecule has 43 heavy (non-hydrogen) atoms. The Balaban J connectivity index is 1.69. The summed E-state index contributed by atoms with van der Waals surface area (Å²) in [7, 11) is -2.49. The highest BCUT2D eigenvalue weighted by atomic mass is 28.4. The SMILES string of the molecule is CCOC(=O)C1C[C@@]2(CO[Si](C)(C)C(C)(C)C)C(=CCC2O[Si](C)(C)C(C)(C)C)C2=CC[C@@H]3C[C@@]4(OC)CC[C@]3(C)[C@]21O4. The minimum absolute atomic E-state index is 0.0639. The lowest BCUT2D eigenvalue weighted by molar-refractivity contribution is -0.391. The second-order valence-electron chi connectivity index (χ2n) is 17.6. The van der Waals surface area contributed by atoms with E-state index < -0.39 is 39.4 Å². The van der Waals surface area contributed by atoms with Crippen molar-refractivity contribution in [1.29, 1.82) is 0 Å². The Hall–Kier alpha value is -0.776. The third-order valence-electron chi connectivity index (χ3n) is 13.4. The van der Waals surface area contributed by atoms with Gasteiger partial charge < -0.3 is 23.1 Å². The number of carbonyl (C=O) groups is 1. The molecule has 4 bridgehead atoms. The van der Waals surface area contributed by atoms with Gasteiger partial charge in [0.25, 0.3) is 0 Å². The Morgan fingerprint density at radius 1 is 0.953 bits per heavy atom. The minimum Gasteiger partial charge on any atom is -0.466 e. The molecule has 6 rings (SSSR count). The number of carbonyl (C=O) groups excluding carboxylic acids is 1. The molecule has 8 heteroatoms.